The van der Waals surface area contributed by atoms with Crippen LogP contribution in [0.25, 0.3) is 0 Å². The highest BCUT2D eigenvalue weighted by molar-refractivity contribution is 7.85. The predicted octanol–water partition coefficient (Wildman–Crippen LogP) is 1.62. The Morgan fingerprint density at radius 2 is 1.84 bits per heavy atom. The normalized spacial score (nSPS) is 35.9. The molecule has 5 heteroatoms. The van der Waals surface area contributed by atoms with Crippen molar-refractivity contribution in [2.24, 2.45) is 0 Å². The Balaban J connectivity index is 2.06. The van der Waals surface area contributed by atoms with Gasteiger partial charge in [-0.1, -0.05) is 26.7 Å². The summed E-state index contributed by atoms with van der Waals surface area (Å²) < 4.78 is 11.5. The van der Waals surface area contributed by atoms with Gasteiger partial charge in [0.25, 0.3) is 0 Å². The van der Waals surface area contributed by atoms with Gasteiger partial charge >= 0.3 is 0 Å². The minimum absolute atomic E-state index is 0.00831. The topological polar surface area (TPSA) is 49.4 Å². The Kier molecular flexibility index (Phi) is 5.39. The Bertz CT molecular complexity index is 338. The van der Waals surface area contributed by atoms with Crippen LogP contribution in [0.1, 0.15) is 52.4 Å². The van der Waals surface area contributed by atoms with Crippen molar-refractivity contribution >= 4 is 16.7 Å². The second-order valence-electron chi connectivity index (χ2n) is 5.64. The van der Waals surface area contributed by atoms with Crippen molar-refractivity contribution in [2.75, 3.05) is 11.5 Å². The minimum Gasteiger partial charge on any atom is -0.323 e. The van der Waals surface area contributed by atoms with Gasteiger partial charge in [0.2, 0.25) is 5.91 Å². The van der Waals surface area contributed by atoms with Crippen LogP contribution in [-0.2, 0) is 15.6 Å². The fraction of sp³-hybridized carbons (Fsp3) is 0.929. The van der Waals surface area contributed by atoms with Crippen LogP contribution in [0, 0.1) is 0 Å². The molecule has 0 saturated carbocycles. The van der Waals surface area contributed by atoms with Crippen molar-refractivity contribution in [1.29, 1.82) is 0 Å². The van der Waals surface area contributed by atoms with E-state index in [-0.39, 0.29) is 18.1 Å². The number of carbonyl (C=O) groups excluding carboxylic acids is 1. The zero-order chi connectivity index (χ0) is 13.8. The lowest BCUT2D eigenvalue weighted by atomic mass is 10.1. The molecular weight excluding hydrogens is 260 g/mol. The SMILES string of the molecule is CCCC1NC(CCC)N(C2CCS(=O)CC2)C1=O. The predicted molar refractivity (Wildman–Crippen MR) is 78.3 cm³/mol. The van der Waals surface area contributed by atoms with Gasteiger partial charge in [-0.3, -0.25) is 14.3 Å². The van der Waals surface area contributed by atoms with Crippen LogP contribution in [-0.4, -0.2) is 44.8 Å². The van der Waals surface area contributed by atoms with Crippen LogP contribution < -0.4 is 5.32 Å². The van der Waals surface area contributed by atoms with Gasteiger partial charge in [0.15, 0.2) is 0 Å². The molecule has 1 amide bonds. The quantitative estimate of drug-likeness (QED) is 0.835. The first kappa shape index (κ1) is 15.0. The minimum atomic E-state index is -0.658. The van der Waals surface area contributed by atoms with Gasteiger partial charge in [0, 0.05) is 28.3 Å². The van der Waals surface area contributed by atoms with E-state index >= 15 is 0 Å². The maximum absolute atomic E-state index is 12.5. The standard InChI is InChI=1S/C14H26N2O2S/c1-3-5-12-14(17)16(13(15-12)6-4-2)11-7-9-19(18)10-8-11/h11-13,15H,3-10H2,1-2H3. The Labute approximate surface area is 118 Å². The van der Waals surface area contributed by atoms with E-state index in [4.69, 9.17) is 0 Å². The molecule has 2 fully saturated rings. The Hall–Kier alpha value is -0.420. The number of rotatable bonds is 5. The molecule has 2 rings (SSSR count). The maximum Gasteiger partial charge on any atom is 0.241 e. The van der Waals surface area contributed by atoms with Crippen LogP contribution in [0.15, 0.2) is 0 Å². The number of carbonyl (C=O) groups is 1. The van der Waals surface area contributed by atoms with E-state index in [1.54, 1.807) is 0 Å². The van der Waals surface area contributed by atoms with Crippen molar-refractivity contribution < 1.29 is 9.00 Å². The number of nitrogens with one attached hydrogen (secondary N) is 1. The summed E-state index contributed by atoms with van der Waals surface area (Å²) >= 11 is 0. The largest absolute Gasteiger partial charge is 0.323 e. The molecule has 0 aromatic heterocycles. The van der Waals surface area contributed by atoms with E-state index < -0.39 is 10.8 Å². The van der Waals surface area contributed by atoms with E-state index in [0.29, 0.717) is 6.04 Å². The van der Waals surface area contributed by atoms with E-state index in [2.05, 4.69) is 24.1 Å². The molecule has 2 aliphatic rings. The molecule has 0 bridgehead atoms. The molecule has 0 aromatic carbocycles. The van der Waals surface area contributed by atoms with Gasteiger partial charge < -0.3 is 4.90 Å². The van der Waals surface area contributed by atoms with Crippen LogP contribution in [0.4, 0.5) is 0 Å². The van der Waals surface area contributed by atoms with Gasteiger partial charge in [-0.25, -0.2) is 0 Å². The summed E-state index contributed by atoms with van der Waals surface area (Å²) in [5, 5.41) is 3.50. The first-order chi connectivity index (χ1) is 9.17. The third-order valence-corrected chi connectivity index (χ3v) is 5.55. The van der Waals surface area contributed by atoms with E-state index in [9.17, 15) is 9.00 Å². The van der Waals surface area contributed by atoms with Crippen molar-refractivity contribution in [3.63, 3.8) is 0 Å². The van der Waals surface area contributed by atoms with Gasteiger partial charge in [0.05, 0.1) is 12.2 Å². The molecule has 19 heavy (non-hydrogen) atoms. The van der Waals surface area contributed by atoms with Crippen LogP contribution >= 0.6 is 0 Å². The van der Waals surface area contributed by atoms with Gasteiger partial charge in [-0.05, 0) is 25.7 Å². The first-order valence-corrected chi connectivity index (χ1v) is 9.09. The zero-order valence-corrected chi connectivity index (χ0v) is 12.9. The highest BCUT2D eigenvalue weighted by atomic mass is 32.2. The fourth-order valence-corrected chi connectivity index (χ4v) is 4.48. The smallest absolute Gasteiger partial charge is 0.241 e. The molecule has 110 valence electrons. The van der Waals surface area contributed by atoms with Crippen molar-refractivity contribution in [3.8, 4) is 0 Å². The molecular formula is C14H26N2O2S. The first-order valence-electron chi connectivity index (χ1n) is 7.60. The fourth-order valence-electron chi connectivity index (χ4n) is 3.20. The lowest BCUT2D eigenvalue weighted by Gasteiger charge is -2.34. The van der Waals surface area contributed by atoms with Gasteiger partial charge in [-0.2, -0.15) is 0 Å². The number of hydrogen-bond donors (Lipinski definition) is 1. The van der Waals surface area contributed by atoms with Crippen molar-refractivity contribution in [3.05, 3.63) is 0 Å². The van der Waals surface area contributed by atoms with E-state index in [1.165, 1.54) is 0 Å². The van der Waals surface area contributed by atoms with Gasteiger partial charge in [-0.15, -0.1) is 0 Å². The summed E-state index contributed by atoms with van der Waals surface area (Å²) in [6, 6.07) is 0.310. The van der Waals surface area contributed by atoms with Crippen LogP contribution in [0.3, 0.4) is 0 Å². The van der Waals surface area contributed by atoms with E-state index in [0.717, 1.165) is 50.0 Å². The van der Waals surface area contributed by atoms with Crippen LogP contribution in [0.2, 0.25) is 0 Å². The summed E-state index contributed by atoms with van der Waals surface area (Å²) in [4.78, 5) is 14.6. The monoisotopic (exact) mass is 286 g/mol. The zero-order valence-electron chi connectivity index (χ0n) is 12.1. The number of nitrogens with zero attached hydrogens (tertiary/aromatic N) is 1. The molecule has 0 aromatic rings. The molecule has 0 spiro atoms. The molecule has 2 heterocycles. The molecule has 1 N–H and O–H groups in total. The maximum atomic E-state index is 12.5. The summed E-state index contributed by atoms with van der Waals surface area (Å²) in [7, 11) is -0.658. The molecule has 0 radical (unpaired) electrons. The molecule has 2 unspecified atom stereocenters. The summed E-state index contributed by atoms with van der Waals surface area (Å²) in [5.74, 6) is 1.79. The highest BCUT2D eigenvalue weighted by Crippen LogP contribution is 2.26. The second kappa shape index (κ2) is 6.84. The third kappa shape index (κ3) is 3.37. The summed E-state index contributed by atoms with van der Waals surface area (Å²) in [5.41, 5.74) is 0. The molecule has 2 saturated heterocycles. The van der Waals surface area contributed by atoms with Crippen molar-refractivity contribution in [1.82, 2.24) is 10.2 Å². The number of hydrogen-bond acceptors (Lipinski definition) is 3. The summed E-state index contributed by atoms with van der Waals surface area (Å²) in [6.07, 6.45) is 6.06. The Morgan fingerprint density at radius 3 is 2.42 bits per heavy atom. The average molecular weight is 286 g/mol. The van der Waals surface area contributed by atoms with Crippen LogP contribution in [0.5, 0.6) is 0 Å². The lowest BCUT2D eigenvalue weighted by Crippen LogP contribution is -2.47. The Morgan fingerprint density at radius 1 is 1.21 bits per heavy atom. The average Bonchev–Trinajstić information content (AvgIpc) is 2.69. The molecule has 2 aliphatic heterocycles. The highest BCUT2D eigenvalue weighted by Gasteiger charge is 2.41. The third-order valence-electron chi connectivity index (χ3n) is 4.17. The second-order valence-corrected chi connectivity index (χ2v) is 7.33. The molecule has 2 atom stereocenters. The summed E-state index contributed by atoms with van der Waals surface area (Å²) in [6.45, 7) is 4.28. The molecule has 4 nitrogen and oxygen atoms in total. The van der Waals surface area contributed by atoms with E-state index in [1.807, 2.05) is 0 Å². The lowest BCUT2D eigenvalue weighted by molar-refractivity contribution is -0.132. The van der Waals surface area contributed by atoms with Gasteiger partial charge in [0.1, 0.15) is 0 Å². The van der Waals surface area contributed by atoms with Crippen molar-refractivity contribution in [2.45, 2.75) is 70.6 Å². The molecule has 0 aliphatic carbocycles. The number of amides is 1.